The van der Waals surface area contributed by atoms with Gasteiger partial charge in [0.25, 0.3) is 0 Å². The highest BCUT2D eigenvalue weighted by Crippen LogP contribution is 2.37. The van der Waals surface area contributed by atoms with Crippen molar-refractivity contribution in [2.45, 2.75) is 26.1 Å². The van der Waals surface area contributed by atoms with Gasteiger partial charge >= 0.3 is 6.18 Å². The van der Waals surface area contributed by atoms with Crippen molar-refractivity contribution in [3.8, 4) is 5.75 Å². The van der Waals surface area contributed by atoms with Crippen LogP contribution in [0.5, 0.6) is 5.75 Å². The number of fused-ring (bicyclic) bond motifs is 3. The minimum absolute atomic E-state index is 0.130. The average molecular weight is 491 g/mol. The second-order valence-corrected chi connectivity index (χ2v) is 8.60. The maximum atomic E-state index is 13.2. The second kappa shape index (κ2) is 9.10. The third kappa shape index (κ3) is 4.63. The number of hydrogen-bond donors (Lipinski definition) is 2. The van der Waals surface area contributed by atoms with Crippen molar-refractivity contribution < 1.29 is 27.1 Å². The third-order valence-electron chi connectivity index (χ3n) is 5.51. The molecule has 0 aliphatic carbocycles. The maximum absolute atomic E-state index is 13.2. The summed E-state index contributed by atoms with van der Waals surface area (Å²) in [5, 5.41) is 7.45. The van der Waals surface area contributed by atoms with Gasteiger partial charge in [0.1, 0.15) is 23.0 Å². The minimum atomic E-state index is -4.51. The van der Waals surface area contributed by atoms with E-state index in [2.05, 4.69) is 10.6 Å². The summed E-state index contributed by atoms with van der Waals surface area (Å²) in [5.74, 6) is -0.165. The van der Waals surface area contributed by atoms with E-state index in [9.17, 15) is 18.0 Å². The largest absolute Gasteiger partial charge is 0.495 e. The van der Waals surface area contributed by atoms with Crippen molar-refractivity contribution in [3.05, 3.63) is 65.2 Å². The molecule has 0 saturated carbocycles. The number of anilines is 2. The normalized spacial score (nSPS) is 12.8. The first kappa shape index (κ1) is 23.8. The summed E-state index contributed by atoms with van der Waals surface area (Å²) in [5.41, 5.74) is 1.06. The lowest BCUT2D eigenvalue weighted by molar-refractivity contribution is -0.137. The van der Waals surface area contributed by atoms with Gasteiger partial charge in [-0.15, -0.1) is 0 Å². The molecule has 1 amide bonds. The minimum Gasteiger partial charge on any atom is -0.495 e. The van der Waals surface area contributed by atoms with Crippen molar-refractivity contribution in [1.82, 2.24) is 0 Å². The van der Waals surface area contributed by atoms with E-state index in [4.69, 9.17) is 20.8 Å². The molecule has 1 unspecified atom stereocenters. The van der Waals surface area contributed by atoms with Crippen LogP contribution >= 0.6 is 11.6 Å². The average Bonchev–Trinajstić information content (AvgIpc) is 3.13. The Morgan fingerprint density at radius 1 is 1.00 bits per heavy atom. The SMILES string of the molecule is COc1cc2c(cc1NC(=O)C(Nc1ccc(C(F)(F)F)cc1Cl)C(C)C)oc1ccccc12. The quantitative estimate of drug-likeness (QED) is 0.297. The van der Waals surface area contributed by atoms with E-state index in [1.807, 2.05) is 38.1 Å². The summed E-state index contributed by atoms with van der Waals surface area (Å²) in [4.78, 5) is 13.2. The molecule has 34 heavy (non-hydrogen) atoms. The summed E-state index contributed by atoms with van der Waals surface area (Å²) in [6.45, 7) is 3.63. The fourth-order valence-corrected chi connectivity index (χ4v) is 3.97. The molecular formula is C25H22ClF3N2O3. The highest BCUT2D eigenvalue weighted by atomic mass is 35.5. The van der Waals surface area contributed by atoms with Crippen LogP contribution < -0.4 is 15.4 Å². The topological polar surface area (TPSA) is 63.5 Å². The molecule has 1 atom stereocenters. The zero-order valence-electron chi connectivity index (χ0n) is 18.6. The van der Waals surface area contributed by atoms with E-state index in [1.54, 1.807) is 12.1 Å². The Bertz CT molecular complexity index is 1370. The van der Waals surface area contributed by atoms with Crippen LogP contribution in [0.25, 0.3) is 21.9 Å². The van der Waals surface area contributed by atoms with Crippen LogP contribution in [0.1, 0.15) is 19.4 Å². The summed E-state index contributed by atoms with van der Waals surface area (Å²) < 4.78 is 50.2. The zero-order chi connectivity index (χ0) is 24.6. The van der Waals surface area contributed by atoms with Gasteiger partial charge in [-0.1, -0.05) is 43.6 Å². The van der Waals surface area contributed by atoms with E-state index < -0.39 is 23.7 Å². The number of rotatable bonds is 6. The zero-order valence-corrected chi connectivity index (χ0v) is 19.3. The number of alkyl halides is 3. The second-order valence-electron chi connectivity index (χ2n) is 8.19. The van der Waals surface area contributed by atoms with Crippen LogP contribution in [0, 0.1) is 5.92 Å². The fourth-order valence-electron chi connectivity index (χ4n) is 3.74. The molecule has 0 aliphatic rings. The molecule has 9 heteroatoms. The van der Waals surface area contributed by atoms with Gasteiger partial charge in [-0.25, -0.2) is 0 Å². The number of methoxy groups -OCH3 is 1. The molecule has 0 saturated heterocycles. The summed E-state index contributed by atoms with van der Waals surface area (Å²) in [6.07, 6.45) is -4.51. The van der Waals surface area contributed by atoms with Crippen molar-refractivity contribution in [1.29, 1.82) is 0 Å². The number of benzene rings is 3. The van der Waals surface area contributed by atoms with Crippen molar-refractivity contribution in [2.24, 2.45) is 5.92 Å². The van der Waals surface area contributed by atoms with E-state index in [0.717, 1.165) is 22.9 Å². The number of amides is 1. The number of para-hydroxylation sites is 1. The molecule has 0 aliphatic heterocycles. The number of nitrogens with one attached hydrogen (secondary N) is 2. The molecule has 4 aromatic rings. The Hall–Kier alpha value is -3.39. The highest BCUT2D eigenvalue weighted by molar-refractivity contribution is 6.33. The first-order valence-electron chi connectivity index (χ1n) is 10.5. The number of halogens is 4. The lowest BCUT2D eigenvalue weighted by Gasteiger charge is -2.24. The van der Waals surface area contributed by atoms with Gasteiger partial charge < -0.3 is 19.8 Å². The fraction of sp³-hybridized carbons (Fsp3) is 0.240. The van der Waals surface area contributed by atoms with E-state index in [1.165, 1.54) is 13.2 Å². The highest BCUT2D eigenvalue weighted by Gasteiger charge is 2.31. The smallest absolute Gasteiger partial charge is 0.416 e. The lowest BCUT2D eigenvalue weighted by atomic mass is 10.0. The number of furan rings is 1. The summed E-state index contributed by atoms with van der Waals surface area (Å²) >= 11 is 6.07. The third-order valence-corrected chi connectivity index (χ3v) is 5.83. The molecule has 1 aromatic heterocycles. The molecular weight excluding hydrogens is 469 g/mol. The standard InChI is InChI=1S/C25H22ClF3N2O3/c1-13(2)23(30-18-9-8-14(10-17(18)26)25(27,28)29)24(32)31-19-12-21-16(11-22(19)33-3)15-6-4-5-7-20(15)34-21/h4-13,23,30H,1-3H3,(H,31,32). The van der Waals surface area contributed by atoms with Crippen molar-refractivity contribution in [3.63, 3.8) is 0 Å². The van der Waals surface area contributed by atoms with Crippen molar-refractivity contribution >= 4 is 50.8 Å². The Balaban J connectivity index is 1.62. The van der Waals surface area contributed by atoms with Crippen LogP contribution in [0.4, 0.5) is 24.5 Å². The lowest BCUT2D eigenvalue weighted by Crippen LogP contribution is -2.39. The molecule has 0 bridgehead atoms. The van der Waals surface area contributed by atoms with Gasteiger partial charge in [0.05, 0.1) is 29.1 Å². The Labute approximate surface area is 198 Å². The number of ether oxygens (including phenoxy) is 1. The number of carbonyl (C=O) groups excluding carboxylic acids is 1. The van der Waals surface area contributed by atoms with Gasteiger partial charge in [0.15, 0.2) is 0 Å². The van der Waals surface area contributed by atoms with Crippen LogP contribution in [0.3, 0.4) is 0 Å². The van der Waals surface area contributed by atoms with E-state index >= 15 is 0 Å². The van der Waals surface area contributed by atoms with Gasteiger partial charge in [-0.05, 0) is 36.2 Å². The molecule has 0 fully saturated rings. The van der Waals surface area contributed by atoms with Crippen LogP contribution in [0.2, 0.25) is 5.02 Å². The number of carbonyl (C=O) groups is 1. The monoisotopic (exact) mass is 490 g/mol. The van der Waals surface area contributed by atoms with Crippen LogP contribution in [-0.2, 0) is 11.0 Å². The Morgan fingerprint density at radius 3 is 2.38 bits per heavy atom. The van der Waals surface area contributed by atoms with Crippen LogP contribution in [-0.4, -0.2) is 19.1 Å². The van der Waals surface area contributed by atoms with E-state index in [-0.39, 0.29) is 16.6 Å². The van der Waals surface area contributed by atoms with Gasteiger partial charge in [-0.2, -0.15) is 13.2 Å². The van der Waals surface area contributed by atoms with Crippen LogP contribution in [0.15, 0.2) is 59.0 Å². The molecule has 2 N–H and O–H groups in total. The van der Waals surface area contributed by atoms with Crippen molar-refractivity contribution in [2.75, 3.05) is 17.7 Å². The first-order chi connectivity index (χ1) is 16.1. The first-order valence-corrected chi connectivity index (χ1v) is 10.9. The van der Waals surface area contributed by atoms with Gasteiger partial charge in [0.2, 0.25) is 5.91 Å². The molecule has 178 valence electrons. The van der Waals surface area contributed by atoms with Gasteiger partial charge in [0, 0.05) is 16.8 Å². The Morgan fingerprint density at radius 2 is 1.74 bits per heavy atom. The molecule has 0 spiro atoms. The molecule has 5 nitrogen and oxygen atoms in total. The molecule has 4 rings (SSSR count). The maximum Gasteiger partial charge on any atom is 0.416 e. The summed E-state index contributed by atoms with van der Waals surface area (Å²) in [7, 11) is 1.50. The molecule has 0 radical (unpaired) electrons. The predicted molar refractivity (Wildman–Crippen MR) is 128 cm³/mol. The predicted octanol–water partition coefficient (Wildman–Crippen LogP) is 7.34. The van der Waals surface area contributed by atoms with E-state index in [0.29, 0.717) is 22.6 Å². The van der Waals surface area contributed by atoms with Gasteiger partial charge in [-0.3, -0.25) is 4.79 Å². The molecule has 1 heterocycles. The molecule has 3 aromatic carbocycles. The summed E-state index contributed by atoms with van der Waals surface area (Å²) in [6, 6.07) is 13.2. The number of hydrogen-bond acceptors (Lipinski definition) is 4. The Kier molecular flexibility index (Phi) is 6.36.